The highest BCUT2D eigenvalue weighted by Gasteiger charge is 2.24. The average molecular weight is 308 g/mol. The van der Waals surface area contributed by atoms with Crippen molar-refractivity contribution in [1.29, 1.82) is 0 Å². The fraction of sp³-hybridized carbons (Fsp3) is 0.588. The molecule has 2 rings (SSSR count). The van der Waals surface area contributed by atoms with Gasteiger partial charge in [0.25, 0.3) is 0 Å². The van der Waals surface area contributed by atoms with Crippen LogP contribution in [0.5, 0.6) is 5.75 Å². The van der Waals surface area contributed by atoms with Crippen molar-refractivity contribution < 1.29 is 24.1 Å². The van der Waals surface area contributed by atoms with Crippen LogP contribution in [0.3, 0.4) is 0 Å². The lowest BCUT2D eigenvalue weighted by molar-refractivity contribution is -0.165. The minimum atomic E-state index is -1.36. The van der Waals surface area contributed by atoms with Crippen LogP contribution in [-0.4, -0.2) is 42.6 Å². The van der Waals surface area contributed by atoms with Gasteiger partial charge in [-0.15, -0.1) is 0 Å². The molecule has 1 aliphatic rings. The molecule has 0 radical (unpaired) electrons. The zero-order valence-electron chi connectivity index (χ0n) is 13.2. The fourth-order valence-corrected chi connectivity index (χ4v) is 2.24. The molecule has 0 aromatic heterocycles. The van der Waals surface area contributed by atoms with Crippen molar-refractivity contribution in [3.63, 3.8) is 0 Å². The van der Waals surface area contributed by atoms with Gasteiger partial charge in [-0.3, -0.25) is 4.79 Å². The van der Waals surface area contributed by atoms with E-state index in [0.29, 0.717) is 24.5 Å². The van der Waals surface area contributed by atoms with Crippen LogP contribution in [0.2, 0.25) is 0 Å². The smallest absolute Gasteiger partial charge is 0.193 e. The van der Waals surface area contributed by atoms with Gasteiger partial charge in [0.05, 0.1) is 6.61 Å². The van der Waals surface area contributed by atoms with Crippen LogP contribution in [0.15, 0.2) is 24.3 Å². The van der Waals surface area contributed by atoms with Gasteiger partial charge < -0.3 is 19.3 Å². The van der Waals surface area contributed by atoms with Crippen molar-refractivity contribution in [3.8, 4) is 5.75 Å². The Morgan fingerprint density at radius 3 is 2.59 bits per heavy atom. The number of Topliss-reactive ketones (excluding diaryl/α,β-unsaturated/α-hetero) is 1. The molecular formula is C17H24O5. The van der Waals surface area contributed by atoms with Gasteiger partial charge >= 0.3 is 0 Å². The lowest BCUT2D eigenvalue weighted by atomic mass is 9.97. The Balaban J connectivity index is 1.73. The highest BCUT2D eigenvalue weighted by atomic mass is 16.7. The van der Waals surface area contributed by atoms with E-state index in [0.717, 1.165) is 25.9 Å². The summed E-state index contributed by atoms with van der Waals surface area (Å²) in [6.07, 6.45) is 3.08. The van der Waals surface area contributed by atoms with Gasteiger partial charge in [0, 0.05) is 12.2 Å². The van der Waals surface area contributed by atoms with Gasteiger partial charge in [-0.1, -0.05) is 0 Å². The number of benzene rings is 1. The third-order valence-corrected chi connectivity index (χ3v) is 3.47. The minimum Gasteiger partial charge on any atom is -0.491 e. The summed E-state index contributed by atoms with van der Waals surface area (Å²) in [4.78, 5) is 11.9. The van der Waals surface area contributed by atoms with E-state index >= 15 is 0 Å². The number of ether oxygens (including phenoxy) is 3. The lowest BCUT2D eigenvalue weighted by Crippen LogP contribution is -2.30. The van der Waals surface area contributed by atoms with Gasteiger partial charge in [-0.2, -0.15) is 0 Å². The van der Waals surface area contributed by atoms with Gasteiger partial charge in [0.1, 0.15) is 18.0 Å². The molecule has 1 heterocycles. The van der Waals surface area contributed by atoms with Gasteiger partial charge in [-0.05, 0) is 57.4 Å². The summed E-state index contributed by atoms with van der Waals surface area (Å²) >= 11 is 0. The van der Waals surface area contributed by atoms with E-state index in [1.165, 1.54) is 13.8 Å². The van der Waals surface area contributed by atoms with Crippen molar-refractivity contribution in [2.24, 2.45) is 0 Å². The number of ketones is 1. The standard InChI is InChI=1S/C17H24O5/c1-17(2,19)16(18)13-6-8-14(9-7-13)20-11-12-22-15-5-3-4-10-21-15/h6-9,15,19H,3-5,10-12H2,1-2H3. The predicted molar refractivity (Wildman–Crippen MR) is 82.1 cm³/mol. The Bertz CT molecular complexity index is 469. The number of carbonyl (C=O) groups is 1. The minimum absolute atomic E-state index is 0.107. The summed E-state index contributed by atoms with van der Waals surface area (Å²) in [7, 11) is 0. The largest absolute Gasteiger partial charge is 0.491 e. The maximum Gasteiger partial charge on any atom is 0.193 e. The number of rotatable bonds is 7. The Kier molecular flexibility index (Phi) is 5.94. The Morgan fingerprint density at radius 2 is 2.00 bits per heavy atom. The summed E-state index contributed by atoms with van der Waals surface area (Å²) in [5.41, 5.74) is -0.900. The quantitative estimate of drug-likeness (QED) is 0.619. The van der Waals surface area contributed by atoms with Crippen molar-refractivity contribution in [1.82, 2.24) is 0 Å². The first kappa shape index (κ1) is 16.9. The van der Waals surface area contributed by atoms with Crippen LogP contribution in [0.25, 0.3) is 0 Å². The second-order valence-corrected chi connectivity index (χ2v) is 5.93. The van der Waals surface area contributed by atoms with E-state index < -0.39 is 5.60 Å². The first-order valence-corrected chi connectivity index (χ1v) is 7.70. The third-order valence-electron chi connectivity index (χ3n) is 3.47. The molecule has 122 valence electrons. The normalized spacial score (nSPS) is 19.0. The lowest BCUT2D eigenvalue weighted by Gasteiger charge is -2.22. The molecule has 5 heteroatoms. The van der Waals surface area contributed by atoms with Crippen molar-refractivity contribution in [2.75, 3.05) is 19.8 Å². The summed E-state index contributed by atoms with van der Waals surface area (Å²) in [6, 6.07) is 6.74. The molecule has 1 fully saturated rings. The topological polar surface area (TPSA) is 65.0 Å². The molecule has 1 aromatic rings. The predicted octanol–water partition coefficient (Wildman–Crippen LogP) is 2.56. The van der Waals surface area contributed by atoms with E-state index in [-0.39, 0.29) is 12.1 Å². The number of aliphatic hydroxyl groups is 1. The Labute approximate surface area is 131 Å². The molecule has 1 atom stereocenters. The SMILES string of the molecule is CC(C)(O)C(=O)c1ccc(OCCOC2CCCCO2)cc1. The fourth-order valence-electron chi connectivity index (χ4n) is 2.24. The van der Waals surface area contributed by atoms with Crippen LogP contribution in [0.4, 0.5) is 0 Å². The van der Waals surface area contributed by atoms with E-state index in [4.69, 9.17) is 14.2 Å². The van der Waals surface area contributed by atoms with E-state index in [9.17, 15) is 9.90 Å². The zero-order chi connectivity index (χ0) is 16.0. The van der Waals surface area contributed by atoms with Crippen molar-refractivity contribution in [3.05, 3.63) is 29.8 Å². The second-order valence-electron chi connectivity index (χ2n) is 5.93. The van der Waals surface area contributed by atoms with Crippen LogP contribution in [-0.2, 0) is 9.47 Å². The molecule has 1 saturated heterocycles. The molecule has 0 bridgehead atoms. The maximum atomic E-state index is 11.9. The first-order valence-electron chi connectivity index (χ1n) is 7.70. The molecule has 1 aromatic carbocycles. The molecular weight excluding hydrogens is 284 g/mol. The highest BCUT2D eigenvalue weighted by molar-refractivity contribution is 6.01. The summed E-state index contributed by atoms with van der Waals surface area (Å²) < 4.78 is 16.6. The summed E-state index contributed by atoms with van der Waals surface area (Å²) in [6.45, 7) is 4.62. The van der Waals surface area contributed by atoms with Gasteiger partial charge in [-0.25, -0.2) is 0 Å². The molecule has 5 nitrogen and oxygen atoms in total. The Hall–Kier alpha value is -1.43. The van der Waals surface area contributed by atoms with Crippen LogP contribution < -0.4 is 4.74 Å². The molecule has 0 saturated carbocycles. The van der Waals surface area contributed by atoms with E-state index in [1.54, 1.807) is 24.3 Å². The Morgan fingerprint density at radius 1 is 1.27 bits per heavy atom. The maximum absolute atomic E-state index is 11.9. The van der Waals surface area contributed by atoms with Gasteiger partial charge in [0.15, 0.2) is 12.1 Å². The van der Waals surface area contributed by atoms with Crippen LogP contribution in [0, 0.1) is 0 Å². The summed E-state index contributed by atoms with van der Waals surface area (Å²) in [5.74, 6) is 0.359. The average Bonchev–Trinajstić information content (AvgIpc) is 2.52. The second kappa shape index (κ2) is 7.72. The number of hydrogen-bond acceptors (Lipinski definition) is 5. The summed E-state index contributed by atoms with van der Waals surface area (Å²) in [5, 5.41) is 9.70. The van der Waals surface area contributed by atoms with Crippen LogP contribution >= 0.6 is 0 Å². The van der Waals surface area contributed by atoms with E-state index in [2.05, 4.69) is 0 Å². The molecule has 1 unspecified atom stereocenters. The molecule has 1 aliphatic heterocycles. The first-order chi connectivity index (χ1) is 10.5. The monoisotopic (exact) mass is 308 g/mol. The van der Waals surface area contributed by atoms with Crippen LogP contribution in [0.1, 0.15) is 43.5 Å². The molecule has 22 heavy (non-hydrogen) atoms. The molecule has 1 N–H and O–H groups in total. The van der Waals surface area contributed by atoms with E-state index in [1.807, 2.05) is 0 Å². The molecule has 0 amide bonds. The highest BCUT2D eigenvalue weighted by Crippen LogP contribution is 2.17. The van der Waals surface area contributed by atoms with Gasteiger partial charge in [0.2, 0.25) is 0 Å². The number of hydrogen-bond donors (Lipinski definition) is 1. The number of carbonyl (C=O) groups excluding carboxylic acids is 1. The molecule has 0 aliphatic carbocycles. The van der Waals surface area contributed by atoms with Crippen molar-refractivity contribution in [2.45, 2.75) is 45.0 Å². The van der Waals surface area contributed by atoms with Crippen molar-refractivity contribution >= 4 is 5.78 Å². The zero-order valence-corrected chi connectivity index (χ0v) is 13.2. The molecule has 0 spiro atoms. The third kappa shape index (κ3) is 5.09.